The monoisotopic (exact) mass is 496 g/mol. The van der Waals surface area contributed by atoms with Crippen molar-refractivity contribution in [2.24, 2.45) is 0 Å². The minimum atomic E-state index is -3.28. The number of hydrogen-bond donors (Lipinski definition) is 0. The number of rotatable bonds is 5. The van der Waals surface area contributed by atoms with Gasteiger partial charge in [-0.3, -0.25) is 4.98 Å². The summed E-state index contributed by atoms with van der Waals surface area (Å²) in [6.07, 6.45) is 3.94. The Kier molecular flexibility index (Phi) is 5.38. The highest BCUT2D eigenvalue weighted by molar-refractivity contribution is 7.90. The minimum absolute atomic E-state index is 0.222. The average molecular weight is 497 g/mol. The van der Waals surface area contributed by atoms with Crippen molar-refractivity contribution in [3.63, 3.8) is 0 Å². The molecular formula is C29H24N2O4S. The topological polar surface area (TPSA) is 78.4 Å². The molecule has 36 heavy (non-hydrogen) atoms. The molecule has 0 fully saturated rings. The number of ether oxygens (including phenoxy) is 2. The van der Waals surface area contributed by atoms with Crippen LogP contribution in [0.2, 0.25) is 0 Å². The quantitative estimate of drug-likeness (QED) is 0.312. The molecule has 0 bridgehead atoms. The molecule has 0 atom stereocenters. The number of nitrogens with zero attached hydrogens (tertiary/aromatic N) is 2. The van der Waals surface area contributed by atoms with Crippen molar-refractivity contribution in [3.8, 4) is 22.8 Å². The van der Waals surface area contributed by atoms with Crippen molar-refractivity contribution in [1.82, 2.24) is 9.97 Å². The van der Waals surface area contributed by atoms with E-state index in [1.165, 1.54) is 11.8 Å². The third-order valence-electron chi connectivity index (χ3n) is 6.50. The summed E-state index contributed by atoms with van der Waals surface area (Å²) in [4.78, 5) is 9.77. The lowest BCUT2D eigenvalue weighted by Crippen LogP contribution is -2.09. The van der Waals surface area contributed by atoms with E-state index >= 15 is 0 Å². The first kappa shape index (κ1) is 22.5. The van der Waals surface area contributed by atoms with Gasteiger partial charge in [-0.25, -0.2) is 13.4 Å². The van der Waals surface area contributed by atoms with E-state index in [4.69, 9.17) is 19.4 Å². The van der Waals surface area contributed by atoms with Gasteiger partial charge in [-0.05, 0) is 71.6 Å². The van der Waals surface area contributed by atoms with Crippen LogP contribution in [-0.4, -0.2) is 31.2 Å². The highest BCUT2D eigenvalue weighted by Gasteiger charge is 2.19. The Morgan fingerprint density at radius 2 is 1.89 bits per heavy atom. The van der Waals surface area contributed by atoms with E-state index in [1.54, 1.807) is 18.2 Å². The molecule has 3 aromatic carbocycles. The molecule has 6 rings (SSSR count). The first-order valence-electron chi connectivity index (χ1n) is 11.7. The van der Waals surface area contributed by atoms with Crippen LogP contribution in [0, 0.1) is 6.92 Å². The molecule has 7 heteroatoms. The fraction of sp³-hybridized carbons (Fsp3) is 0.172. The van der Waals surface area contributed by atoms with Crippen molar-refractivity contribution >= 4 is 31.6 Å². The average Bonchev–Trinajstić information content (AvgIpc) is 2.87. The van der Waals surface area contributed by atoms with E-state index in [9.17, 15) is 8.42 Å². The van der Waals surface area contributed by atoms with Gasteiger partial charge in [0.15, 0.2) is 9.84 Å². The lowest BCUT2D eigenvalue weighted by Gasteiger charge is -2.20. The van der Waals surface area contributed by atoms with Gasteiger partial charge in [0, 0.05) is 41.3 Å². The summed E-state index contributed by atoms with van der Waals surface area (Å²) in [5.74, 6) is 1.36. The van der Waals surface area contributed by atoms with Gasteiger partial charge in [-0.15, -0.1) is 0 Å². The molecule has 1 aliphatic heterocycles. The van der Waals surface area contributed by atoms with E-state index in [0.29, 0.717) is 12.5 Å². The Morgan fingerprint density at radius 1 is 1.00 bits per heavy atom. The summed E-state index contributed by atoms with van der Waals surface area (Å²) in [5.41, 5.74) is 6.97. The molecule has 1 aliphatic rings. The molecule has 0 spiro atoms. The Morgan fingerprint density at radius 3 is 2.75 bits per heavy atom. The zero-order chi connectivity index (χ0) is 24.9. The maximum Gasteiger partial charge on any atom is 0.214 e. The van der Waals surface area contributed by atoms with Crippen LogP contribution in [-0.2, 0) is 22.9 Å². The number of fused-ring (bicyclic) bond motifs is 1. The Bertz CT molecular complexity index is 1750. The van der Waals surface area contributed by atoms with Gasteiger partial charge in [0.1, 0.15) is 12.4 Å². The third kappa shape index (κ3) is 4.05. The van der Waals surface area contributed by atoms with Gasteiger partial charge in [0.25, 0.3) is 0 Å². The fourth-order valence-corrected chi connectivity index (χ4v) is 5.49. The molecule has 0 radical (unpaired) electrons. The van der Waals surface area contributed by atoms with Crippen LogP contribution in [0.1, 0.15) is 16.7 Å². The van der Waals surface area contributed by atoms with Crippen molar-refractivity contribution < 1.29 is 17.9 Å². The number of pyridine rings is 2. The number of hydrogen-bond acceptors (Lipinski definition) is 6. The molecule has 6 nitrogen and oxygen atoms in total. The summed E-state index contributed by atoms with van der Waals surface area (Å²) in [7, 11) is -3.28. The highest BCUT2D eigenvalue weighted by Crippen LogP contribution is 2.40. The van der Waals surface area contributed by atoms with Crippen LogP contribution in [0.4, 0.5) is 0 Å². The Labute approximate surface area is 209 Å². The van der Waals surface area contributed by atoms with Gasteiger partial charge < -0.3 is 9.47 Å². The largest absolute Gasteiger partial charge is 0.493 e. The molecule has 3 heterocycles. The minimum Gasteiger partial charge on any atom is -0.493 e. The normalized spacial score (nSPS) is 13.1. The summed E-state index contributed by atoms with van der Waals surface area (Å²) in [5, 5.41) is 2.09. The van der Waals surface area contributed by atoms with E-state index < -0.39 is 9.84 Å². The SMILES string of the molecule is Cc1cc(-c2ccc3c4c(ccnc24)CCO3)c2ccc(OCc3cccc(S(C)(=O)=O)c3)nc2c1. The van der Waals surface area contributed by atoms with Gasteiger partial charge in [-0.1, -0.05) is 18.2 Å². The summed E-state index contributed by atoms with van der Waals surface area (Å²) in [6, 6.07) is 21.0. The molecule has 0 amide bonds. The van der Waals surface area contributed by atoms with Crippen LogP contribution in [0.3, 0.4) is 0 Å². The van der Waals surface area contributed by atoms with E-state index in [-0.39, 0.29) is 11.5 Å². The number of sulfone groups is 1. The molecule has 0 aliphatic carbocycles. The zero-order valence-corrected chi connectivity index (χ0v) is 20.8. The maximum atomic E-state index is 11.9. The second-order valence-electron chi connectivity index (χ2n) is 9.14. The van der Waals surface area contributed by atoms with Crippen molar-refractivity contribution in [1.29, 1.82) is 0 Å². The van der Waals surface area contributed by atoms with Gasteiger partial charge >= 0.3 is 0 Å². The Hall–Kier alpha value is -3.97. The van der Waals surface area contributed by atoms with Gasteiger partial charge in [-0.2, -0.15) is 0 Å². The number of aryl methyl sites for hydroxylation is 1. The molecular weight excluding hydrogens is 472 g/mol. The molecule has 0 saturated heterocycles. The van der Waals surface area contributed by atoms with Crippen molar-refractivity contribution in [2.45, 2.75) is 24.8 Å². The Balaban J connectivity index is 1.38. The van der Waals surface area contributed by atoms with Crippen LogP contribution < -0.4 is 9.47 Å². The molecule has 0 saturated carbocycles. The number of aromatic nitrogens is 2. The highest BCUT2D eigenvalue weighted by atomic mass is 32.2. The van der Waals surface area contributed by atoms with Gasteiger partial charge in [0.05, 0.1) is 22.5 Å². The van der Waals surface area contributed by atoms with E-state index in [1.807, 2.05) is 36.5 Å². The second-order valence-corrected chi connectivity index (χ2v) is 11.2. The first-order chi connectivity index (χ1) is 17.4. The summed E-state index contributed by atoms with van der Waals surface area (Å²) >= 11 is 0. The lowest BCUT2D eigenvalue weighted by molar-refractivity contribution is 0.295. The molecule has 2 aromatic heterocycles. The van der Waals surface area contributed by atoms with Crippen LogP contribution in [0.15, 0.2) is 77.8 Å². The van der Waals surface area contributed by atoms with Gasteiger partial charge in [0.2, 0.25) is 5.88 Å². The van der Waals surface area contributed by atoms with Crippen LogP contribution in [0.5, 0.6) is 11.6 Å². The van der Waals surface area contributed by atoms with E-state index in [0.717, 1.165) is 56.2 Å². The van der Waals surface area contributed by atoms with Crippen LogP contribution in [0.25, 0.3) is 32.9 Å². The standard InChI is InChI=1S/C29H24N2O4S/c1-18-14-24(23-6-8-26-28-20(11-13-34-26)10-12-30-29(23)28)22-7-9-27(31-25(22)15-18)35-17-19-4-3-5-21(16-19)36(2,32)33/h3-10,12,14-16H,11,13,17H2,1-2H3. The molecule has 180 valence electrons. The van der Waals surface area contributed by atoms with Crippen molar-refractivity contribution in [2.75, 3.05) is 12.9 Å². The predicted molar refractivity (Wildman–Crippen MR) is 140 cm³/mol. The third-order valence-corrected chi connectivity index (χ3v) is 7.61. The smallest absolute Gasteiger partial charge is 0.214 e. The maximum absolute atomic E-state index is 11.9. The molecule has 0 unspecified atom stereocenters. The molecule has 0 N–H and O–H groups in total. The first-order valence-corrected chi connectivity index (χ1v) is 13.6. The van der Waals surface area contributed by atoms with Crippen LogP contribution >= 0.6 is 0 Å². The summed E-state index contributed by atoms with van der Waals surface area (Å²) < 4.78 is 35.6. The predicted octanol–water partition coefficient (Wildman–Crippen LogP) is 5.68. The van der Waals surface area contributed by atoms with Crippen molar-refractivity contribution in [3.05, 3.63) is 89.6 Å². The second kappa shape index (κ2) is 8.60. The zero-order valence-electron chi connectivity index (χ0n) is 20.0. The summed E-state index contributed by atoms with van der Waals surface area (Å²) in [6.45, 7) is 2.96. The fourth-order valence-electron chi connectivity index (χ4n) is 4.80. The lowest BCUT2D eigenvalue weighted by atomic mass is 9.93. The molecule has 5 aromatic rings. The number of benzene rings is 3. The van der Waals surface area contributed by atoms with E-state index in [2.05, 4.69) is 25.1 Å².